The van der Waals surface area contributed by atoms with Crippen LogP contribution in [0.25, 0.3) is 5.69 Å². The van der Waals surface area contributed by atoms with Crippen molar-refractivity contribution in [1.82, 2.24) is 15.1 Å². The monoisotopic (exact) mass is 289 g/mol. The van der Waals surface area contributed by atoms with Gasteiger partial charge in [-0.25, -0.2) is 4.68 Å². The summed E-state index contributed by atoms with van der Waals surface area (Å²) in [7, 11) is 0. The van der Waals surface area contributed by atoms with Crippen molar-refractivity contribution in [3.63, 3.8) is 0 Å². The first-order valence-corrected chi connectivity index (χ1v) is 7.31. The van der Waals surface area contributed by atoms with Crippen LogP contribution in [-0.4, -0.2) is 28.0 Å². The van der Waals surface area contributed by atoms with Crippen LogP contribution >= 0.6 is 12.6 Å². The van der Waals surface area contributed by atoms with Crippen LogP contribution in [0.15, 0.2) is 36.4 Å². The van der Waals surface area contributed by atoms with Crippen LogP contribution < -0.4 is 5.32 Å². The van der Waals surface area contributed by atoms with E-state index >= 15 is 0 Å². The molecule has 0 bridgehead atoms. The maximum atomic E-state index is 12.0. The number of carbonyl (C=O) groups is 1. The number of benzene rings is 1. The molecule has 0 aliphatic carbocycles. The van der Waals surface area contributed by atoms with Crippen molar-refractivity contribution in [2.45, 2.75) is 19.8 Å². The van der Waals surface area contributed by atoms with Crippen molar-refractivity contribution in [2.24, 2.45) is 0 Å². The van der Waals surface area contributed by atoms with Crippen LogP contribution in [0.3, 0.4) is 0 Å². The Balaban J connectivity index is 2.36. The Bertz CT molecular complexity index is 578. The molecule has 1 aromatic heterocycles. The summed E-state index contributed by atoms with van der Waals surface area (Å²) in [6, 6.07) is 11.7. The molecule has 0 aliphatic rings. The molecule has 20 heavy (non-hydrogen) atoms. The van der Waals surface area contributed by atoms with Gasteiger partial charge in [-0.1, -0.05) is 32.0 Å². The van der Waals surface area contributed by atoms with Crippen LogP contribution in [0.2, 0.25) is 0 Å². The summed E-state index contributed by atoms with van der Waals surface area (Å²) in [6.45, 7) is 4.72. The Kier molecular flexibility index (Phi) is 4.84. The fraction of sp³-hybridized carbons (Fsp3) is 0.333. The van der Waals surface area contributed by atoms with Crippen LogP contribution in [0, 0.1) is 0 Å². The van der Waals surface area contributed by atoms with Crippen molar-refractivity contribution in [3.8, 4) is 5.69 Å². The molecule has 0 unspecified atom stereocenters. The smallest absolute Gasteiger partial charge is 0.271 e. The number of hydrogen-bond donors (Lipinski definition) is 2. The summed E-state index contributed by atoms with van der Waals surface area (Å²) in [4.78, 5) is 12.0. The minimum atomic E-state index is -0.157. The maximum absolute atomic E-state index is 12.0. The van der Waals surface area contributed by atoms with E-state index in [9.17, 15) is 4.79 Å². The van der Waals surface area contributed by atoms with Crippen LogP contribution in [0.1, 0.15) is 35.9 Å². The highest BCUT2D eigenvalue weighted by molar-refractivity contribution is 7.80. The molecule has 1 aromatic carbocycles. The standard InChI is InChI=1S/C15H19N3OS/c1-11(2)14-10-13(15(19)16-8-9-20)17-18(14)12-6-4-3-5-7-12/h3-7,10-11,20H,8-9H2,1-2H3,(H,16,19). The number of carbonyl (C=O) groups excluding carboxylic acids is 1. The molecule has 0 atom stereocenters. The van der Waals surface area contributed by atoms with E-state index in [0.29, 0.717) is 18.0 Å². The molecule has 2 rings (SSSR count). The van der Waals surface area contributed by atoms with Gasteiger partial charge in [-0.05, 0) is 24.1 Å². The number of aromatic nitrogens is 2. The highest BCUT2D eigenvalue weighted by atomic mass is 32.1. The van der Waals surface area contributed by atoms with Crippen LogP contribution in [-0.2, 0) is 0 Å². The zero-order chi connectivity index (χ0) is 14.5. The van der Waals surface area contributed by atoms with Crippen molar-refractivity contribution >= 4 is 18.5 Å². The molecule has 0 radical (unpaired) electrons. The third kappa shape index (κ3) is 3.22. The van der Waals surface area contributed by atoms with E-state index in [1.54, 1.807) is 0 Å². The number of nitrogens with one attached hydrogen (secondary N) is 1. The Morgan fingerprint density at radius 2 is 2.05 bits per heavy atom. The van der Waals surface area contributed by atoms with Gasteiger partial charge in [0.1, 0.15) is 0 Å². The van der Waals surface area contributed by atoms with Crippen molar-refractivity contribution in [3.05, 3.63) is 47.8 Å². The lowest BCUT2D eigenvalue weighted by Gasteiger charge is -2.09. The number of thiol groups is 1. The van der Waals surface area contributed by atoms with Gasteiger partial charge >= 0.3 is 0 Å². The highest BCUT2D eigenvalue weighted by Gasteiger charge is 2.16. The minimum Gasteiger partial charge on any atom is -0.350 e. The number of nitrogens with zero attached hydrogens (tertiary/aromatic N) is 2. The molecular formula is C15H19N3OS. The van der Waals surface area contributed by atoms with E-state index in [-0.39, 0.29) is 11.8 Å². The largest absolute Gasteiger partial charge is 0.350 e. The third-order valence-electron chi connectivity index (χ3n) is 2.96. The molecule has 5 heteroatoms. The molecule has 106 valence electrons. The van der Waals surface area contributed by atoms with E-state index in [4.69, 9.17) is 0 Å². The maximum Gasteiger partial charge on any atom is 0.271 e. The quantitative estimate of drug-likeness (QED) is 0.831. The summed E-state index contributed by atoms with van der Waals surface area (Å²) in [5.41, 5.74) is 2.43. The van der Waals surface area contributed by atoms with Gasteiger partial charge in [0, 0.05) is 18.0 Å². The van der Waals surface area contributed by atoms with Crippen LogP contribution in [0.5, 0.6) is 0 Å². The fourth-order valence-electron chi connectivity index (χ4n) is 1.95. The second-order valence-corrected chi connectivity index (χ2v) is 5.28. The Morgan fingerprint density at radius 3 is 2.65 bits per heavy atom. The van der Waals surface area contributed by atoms with Gasteiger partial charge in [-0.15, -0.1) is 0 Å². The van der Waals surface area contributed by atoms with E-state index in [2.05, 4.69) is 36.9 Å². The number of amides is 1. The van der Waals surface area contributed by atoms with Crippen molar-refractivity contribution < 1.29 is 4.79 Å². The van der Waals surface area contributed by atoms with E-state index in [1.165, 1.54) is 0 Å². The molecule has 0 saturated carbocycles. The zero-order valence-corrected chi connectivity index (χ0v) is 12.6. The first-order chi connectivity index (χ1) is 9.63. The molecule has 2 aromatic rings. The molecule has 0 spiro atoms. The molecule has 0 aliphatic heterocycles. The lowest BCUT2D eigenvalue weighted by molar-refractivity contribution is 0.0951. The Labute approximate surface area is 124 Å². The van der Waals surface area contributed by atoms with Gasteiger partial charge in [0.2, 0.25) is 0 Å². The van der Waals surface area contributed by atoms with E-state index in [0.717, 1.165) is 11.4 Å². The SMILES string of the molecule is CC(C)c1cc(C(=O)NCCS)nn1-c1ccccc1. The van der Waals surface area contributed by atoms with Gasteiger partial charge in [0.25, 0.3) is 5.91 Å². The van der Waals surface area contributed by atoms with E-state index in [1.807, 2.05) is 41.1 Å². The molecular weight excluding hydrogens is 270 g/mol. The fourth-order valence-corrected chi connectivity index (χ4v) is 2.07. The summed E-state index contributed by atoms with van der Waals surface area (Å²) in [6.07, 6.45) is 0. The van der Waals surface area contributed by atoms with Crippen molar-refractivity contribution in [1.29, 1.82) is 0 Å². The average molecular weight is 289 g/mol. The summed E-state index contributed by atoms with van der Waals surface area (Å²) in [5.74, 6) is 0.743. The molecule has 0 fully saturated rings. The highest BCUT2D eigenvalue weighted by Crippen LogP contribution is 2.20. The second-order valence-electron chi connectivity index (χ2n) is 4.84. The van der Waals surface area contributed by atoms with E-state index < -0.39 is 0 Å². The van der Waals surface area contributed by atoms with Gasteiger partial charge in [-0.3, -0.25) is 4.79 Å². The summed E-state index contributed by atoms with van der Waals surface area (Å²) >= 11 is 4.08. The predicted molar refractivity (Wildman–Crippen MR) is 83.8 cm³/mol. The normalized spacial score (nSPS) is 10.8. The average Bonchev–Trinajstić information content (AvgIpc) is 2.91. The second kappa shape index (κ2) is 6.61. The third-order valence-corrected chi connectivity index (χ3v) is 3.18. The number of hydrogen-bond acceptors (Lipinski definition) is 3. The first kappa shape index (κ1) is 14.7. The molecule has 0 saturated heterocycles. The molecule has 1 heterocycles. The van der Waals surface area contributed by atoms with Gasteiger partial charge in [0.15, 0.2) is 5.69 Å². The lowest BCUT2D eigenvalue weighted by atomic mass is 10.1. The van der Waals surface area contributed by atoms with Gasteiger partial charge < -0.3 is 5.32 Å². The zero-order valence-electron chi connectivity index (χ0n) is 11.7. The van der Waals surface area contributed by atoms with Gasteiger partial charge in [-0.2, -0.15) is 17.7 Å². The summed E-state index contributed by atoms with van der Waals surface area (Å²) < 4.78 is 1.83. The van der Waals surface area contributed by atoms with Crippen LogP contribution in [0.4, 0.5) is 0 Å². The molecule has 1 N–H and O–H groups in total. The lowest BCUT2D eigenvalue weighted by Crippen LogP contribution is -2.25. The Hall–Kier alpha value is -1.75. The predicted octanol–water partition coefficient (Wildman–Crippen LogP) is 2.66. The molecule has 1 amide bonds. The summed E-state index contributed by atoms with van der Waals surface area (Å²) in [5, 5.41) is 7.22. The molecule has 4 nitrogen and oxygen atoms in total. The van der Waals surface area contributed by atoms with Crippen molar-refractivity contribution in [2.75, 3.05) is 12.3 Å². The number of rotatable bonds is 5. The minimum absolute atomic E-state index is 0.157. The Morgan fingerprint density at radius 1 is 1.35 bits per heavy atom. The number of para-hydroxylation sites is 1. The first-order valence-electron chi connectivity index (χ1n) is 6.68. The topological polar surface area (TPSA) is 46.9 Å². The van der Waals surface area contributed by atoms with Gasteiger partial charge in [0.05, 0.1) is 5.69 Å².